The van der Waals surface area contributed by atoms with E-state index in [0.29, 0.717) is 65.7 Å². The van der Waals surface area contributed by atoms with Gasteiger partial charge < -0.3 is 30.5 Å². The quantitative estimate of drug-likeness (QED) is 0.139. The number of benzene rings is 2. The number of aromatic nitrogens is 2. The van der Waals surface area contributed by atoms with E-state index in [-0.39, 0.29) is 11.9 Å². The Morgan fingerprint density at radius 2 is 1.80 bits per heavy atom. The molecule has 0 spiro atoms. The molecular formula is C35H39Cl2N5O4. The molecule has 2 atom stereocenters. The molecule has 3 heterocycles. The third kappa shape index (κ3) is 7.62. The molecule has 1 saturated heterocycles. The number of pyridine rings is 2. The lowest BCUT2D eigenvalue weighted by Gasteiger charge is -2.17. The van der Waals surface area contributed by atoms with Crippen LogP contribution in [0.1, 0.15) is 36.5 Å². The summed E-state index contributed by atoms with van der Waals surface area (Å²) in [6.07, 6.45) is 2.68. The summed E-state index contributed by atoms with van der Waals surface area (Å²) >= 11 is 14.1. The highest BCUT2D eigenvalue weighted by Crippen LogP contribution is 2.42. The van der Waals surface area contributed by atoms with Crippen LogP contribution in [0.2, 0.25) is 10.0 Å². The van der Waals surface area contributed by atoms with E-state index in [9.17, 15) is 9.90 Å². The van der Waals surface area contributed by atoms with Crippen LogP contribution in [0.3, 0.4) is 0 Å². The van der Waals surface area contributed by atoms with Gasteiger partial charge in [-0.3, -0.25) is 9.78 Å². The highest BCUT2D eigenvalue weighted by atomic mass is 35.5. The topological polar surface area (TPSA) is 118 Å². The van der Waals surface area contributed by atoms with Gasteiger partial charge in [-0.1, -0.05) is 47.5 Å². The van der Waals surface area contributed by atoms with Crippen LogP contribution < -0.4 is 25.4 Å². The fourth-order valence-electron chi connectivity index (χ4n) is 5.67. The first-order valence-electron chi connectivity index (χ1n) is 15.2. The van der Waals surface area contributed by atoms with E-state index in [1.165, 1.54) is 0 Å². The predicted octanol–water partition coefficient (Wildman–Crippen LogP) is 5.95. The molecule has 5 rings (SSSR count). The minimum Gasteiger partial charge on any atom is -0.496 e. The van der Waals surface area contributed by atoms with Gasteiger partial charge in [-0.2, -0.15) is 0 Å². The smallest absolute Gasteiger partial charge is 0.220 e. The first kappa shape index (κ1) is 33.6. The van der Waals surface area contributed by atoms with Crippen molar-refractivity contribution in [1.29, 1.82) is 0 Å². The van der Waals surface area contributed by atoms with Crippen LogP contribution in [0.15, 0.2) is 54.7 Å². The van der Waals surface area contributed by atoms with Gasteiger partial charge in [0, 0.05) is 78.2 Å². The number of hydrogen-bond acceptors (Lipinski definition) is 8. The first-order valence-corrected chi connectivity index (χ1v) is 16.0. The SMILES string of the molecule is COc1cc(-c2nccc(-c3cccc(-c4ccc(CNC[C@H]5CCC(=O)N5)c(OC)n4)c3Cl)c2Cl)cc(C)c1CNC[C@@H](C)O. The molecule has 2 aromatic carbocycles. The number of methoxy groups -OCH3 is 2. The van der Waals surface area contributed by atoms with E-state index < -0.39 is 6.10 Å². The van der Waals surface area contributed by atoms with E-state index >= 15 is 0 Å². The highest BCUT2D eigenvalue weighted by molar-refractivity contribution is 6.39. The van der Waals surface area contributed by atoms with Crippen LogP contribution >= 0.6 is 23.2 Å². The number of hydrogen-bond donors (Lipinski definition) is 4. The van der Waals surface area contributed by atoms with E-state index in [4.69, 9.17) is 37.7 Å². The lowest BCUT2D eigenvalue weighted by molar-refractivity contribution is -0.119. The summed E-state index contributed by atoms with van der Waals surface area (Å²) in [6.45, 7) is 6.02. The summed E-state index contributed by atoms with van der Waals surface area (Å²) in [5, 5.41) is 20.2. The number of aliphatic hydroxyl groups is 1. The molecule has 46 heavy (non-hydrogen) atoms. The van der Waals surface area contributed by atoms with Gasteiger partial charge in [0.15, 0.2) is 0 Å². The molecule has 0 saturated carbocycles. The Bertz CT molecular complexity index is 1720. The standard InChI is InChI=1S/C35H39Cl2N5O4/c1-20-14-23(15-30(45-3)28(20)19-38-16-21(2)43)34-33(37)26(12-13-40-34)25-6-5-7-27(32(25)36)29-10-8-22(35(42-29)46-4)17-39-18-24-9-11-31(44)41-24/h5-8,10,12-15,21,24,38-39,43H,9,11,16-19H2,1-4H3,(H,41,44)/t21-,24-/m1/s1. The van der Waals surface area contributed by atoms with Crippen molar-refractivity contribution in [3.8, 4) is 45.3 Å². The molecular weight excluding hydrogens is 625 g/mol. The van der Waals surface area contributed by atoms with Crippen LogP contribution in [0, 0.1) is 6.92 Å². The monoisotopic (exact) mass is 663 g/mol. The number of carbonyl (C=O) groups is 1. The molecule has 1 amide bonds. The van der Waals surface area contributed by atoms with Crippen LogP contribution in [-0.4, -0.2) is 60.4 Å². The third-order valence-electron chi connectivity index (χ3n) is 8.04. The van der Waals surface area contributed by atoms with Crippen LogP contribution in [0.5, 0.6) is 11.6 Å². The van der Waals surface area contributed by atoms with Crippen molar-refractivity contribution in [3.63, 3.8) is 0 Å². The summed E-state index contributed by atoms with van der Waals surface area (Å²) in [7, 11) is 3.23. The Hall–Kier alpha value is -3.73. The van der Waals surface area contributed by atoms with Crippen LogP contribution in [0.4, 0.5) is 0 Å². The maximum absolute atomic E-state index is 11.5. The van der Waals surface area contributed by atoms with Gasteiger partial charge >= 0.3 is 0 Å². The largest absolute Gasteiger partial charge is 0.496 e. The zero-order chi connectivity index (χ0) is 32.8. The molecule has 0 aliphatic carbocycles. The molecule has 4 aromatic rings. The maximum atomic E-state index is 11.5. The van der Waals surface area contributed by atoms with Crippen LogP contribution in [0.25, 0.3) is 33.6 Å². The van der Waals surface area contributed by atoms with Crippen molar-refractivity contribution in [2.75, 3.05) is 27.3 Å². The minimum absolute atomic E-state index is 0.0986. The molecule has 1 aliphatic heterocycles. The molecule has 4 N–H and O–H groups in total. The third-order valence-corrected chi connectivity index (χ3v) is 8.83. The van der Waals surface area contributed by atoms with E-state index in [1.54, 1.807) is 27.3 Å². The van der Waals surface area contributed by atoms with E-state index in [2.05, 4.69) is 20.9 Å². The Kier molecular flexibility index (Phi) is 11.1. The first-order chi connectivity index (χ1) is 22.2. The van der Waals surface area contributed by atoms with Crippen molar-refractivity contribution < 1.29 is 19.4 Å². The normalized spacial score (nSPS) is 15.1. The average Bonchev–Trinajstić information content (AvgIpc) is 3.46. The number of nitrogens with one attached hydrogen (secondary N) is 3. The summed E-state index contributed by atoms with van der Waals surface area (Å²) in [6, 6.07) is 15.6. The average molecular weight is 665 g/mol. The van der Waals surface area contributed by atoms with Gasteiger partial charge in [0.05, 0.1) is 41.8 Å². The molecule has 0 radical (unpaired) electrons. The highest BCUT2D eigenvalue weighted by Gasteiger charge is 2.21. The van der Waals surface area contributed by atoms with Gasteiger partial charge in [-0.25, -0.2) is 4.98 Å². The molecule has 1 aliphatic rings. The molecule has 242 valence electrons. The van der Waals surface area contributed by atoms with Gasteiger partial charge in [-0.05, 0) is 50.1 Å². The summed E-state index contributed by atoms with van der Waals surface area (Å²) in [4.78, 5) is 20.9. The van der Waals surface area contributed by atoms with Crippen LogP contribution in [-0.2, 0) is 17.9 Å². The minimum atomic E-state index is -0.444. The second-order valence-electron chi connectivity index (χ2n) is 11.4. The number of amides is 1. The number of nitrogens with zero attached hydrogens (tertiary/aromatic N) is 2. The Labute approximate surface area is 279 Å². The van der Waals surface area contributed by atoms with Gasteiger partial charge in [0.1, 0.15) is 5.75 Å². The second-order valence-corrected chi connectivity index (χ2v) is 12.2. The van der Waals surface area contributed by atoms with Gasteiger partial charge in [0.25, 0.3) is 0 Å². The lowest BCUT2D eigenvalue weighted by atomic mass is 9.97. The van der Waals surface area contributed by atoms with Gasteiger partial charge in [-0.15, -0.1) is 0 Å². The number of halogens is 2. The second kappa shape index (κ2) is 15.2. The van der Waals surface area contributed by atoms with Crippen molar-refractivity contribution in [1.82, 2.24) is 25.9 Å². The zero-order valence-corrected chi connectivity index (χ0v) is 27.9. The molecule has 0 unspecified atom stereocenters. The van der Waals surface area contributed by atoms with E-state index in [1.807, 2.05) is 55.5 Å². The van der Waals surface area contributed by atoms with Crippen molar-refractivity contribution in [2.24, 2.45) is 0 Å². The predicted molar refractivity (Wildman–Crippen MR) is 182 cm³/mol. The molecule has 9 nitrogen and oxygen atoms in total. The van der Waals surface area contributed by atoms with E-state index in [0.717, 1.165) is 45.4 Å². The number of ether oxygens (including phenoxy) is 2. The Balaban J connectivity index is 1.41. The Morgan fingerprint density at radius 1 is 1.02 bits per heavy atom. The molecule has 11 heteroatoms. The molecule has 0 bridgehead atoms. The number of aliphatic hydroxyl groups excluding tert-OH is 1. The fourth-order valence-corrected chi connectivity index (χ4v) is 6.32. The number of aryl methyl sites for hydroxylation is 1. The fraction of sp³-hybridized carbons (Fsp3) is 0.343. The summed E-state index contributed by atoms with van der Waals surface area (Å²) < 4.78 is 11.4. The molecule has 2 aromatic heterocycles. The van der Waals surface area contributed by atoms with Gasteiger partial charge in [0.2, 0.25) is 11.8 Å². The number of rotatable bonds is 13. The number of carbonyl (C=O) groups excluding carboxylic acids is 1. The molecule has 1 fully saturated rings. The zero-order valence-electron chi connectivity index (χ0n) is 26.4. The summed E-state index contributed by atoms with van der Waals surface area (Å²) in [5.41, 5.74) is 7.25. The van der Waals surface area contributed by atoms with Crippen molar-refractivity contribution in [3.05, 3.63) is 81.5 Å². The Morgan fingerprint density at radius 3 is 2.52 bits per heavy atom. The van der Waals surface area contributed by atoms with Crippen molar-refractivity contribution in [2.45, 2.75) is 51.9 Å². The maximum Gasteiger partial charge on any atom is 0.220 e. The lowest BCUT2D eigenvalue weighted by Crippen LogP contribution is -2.35. The summed E-state index contributed by atoms with van der Waals surface area (Å²) in [5.74, 6) is 1.31. The van der Waals surface area contributed by atoms with Crippen molar-refractivity contribution >= 4 is 29.1 Å².